The average Bonchev–Trinajstić information content (AvgIpc) is 3.29. The number of aromatic nitrogens is 4. The number of aromatic amines is 1. The van der Waals surface area contributed by atoms with Gasteiger partial charge in [-0.05, 0) is 30.3 Å². The summed E-state index contributed by atoms with van der Waals surface area (Å²) in [5, 5.41) is 0. The van der Waals surface area contributed by atoms with Crippen molar-refractivity contribution < 1.29 is 13.2 Å². The van der Waals surface area contributed by atoms with Crippen LogP contribution < -0.4 is 0 Å². The molecule has 5 aromatic rings. The Hall–Kier alpha value is -3.61. The molecule has 0 aliphatic carbocycles. The van der Waals surface area contributed by atoms with E-state index in [4.69, 9.17) is 4.98 Å². The number of imidazole rings is 2. The molecule has 0 atom stereocenters. The Kier molecular flexibility index (Phi) is 3.52. The third-order valence-corrected chi connectivity index (χ3v) is 4.61. The maximum atomic E-state index is 13.0. The molecule has 2 aromatic carbocycles. The summed E-state index contributed by atoms with van der Waals surface area (Å²) in [6.45, 7) is 0. The fraction of sp³-hybridized carbons (Fsp3) is 0.0476. The van der Waals surface area contributed by atoms with Gasteiger partial charge in [-0.25, -0.2) is 9.97 Å². The lowest BCUT2D eigenvalue weighted by Crippen LogP contribution is -2.04. The lowest BCUT2D eigenvalue weighted by molar-refractivity contribution is -0.137. The number of pyridine rings is 1. The van der Waals surface area contributed by atoms with Gasteiger partial charge in [0.05, 0.1) is 22.1 Å². The molecule has 0 bridgehead atoms. The Morgan fingerprint density at radius 2 is 1.64 bits per heavy atom. The molecule has 0 spiro atoms. The van der Waals surface area contributed by atoms with Gasteiger partial charge in [0.25, 0.3) is 0 Å². The number of hydrogen-bond donors (Lipinski definition) is 1. The maximum absolute atomic E-state index is 13.0. The predicted molar refractivity (Wildman–Crippen MR) is 101 cm³/mol. The molecule has 0 fully saturated rings. The molecule has 4 nitrogen and oxygen atoms in total. The number of benzene rings is 2. The summed E-state index contributed by atoms with van der Waals surface area (Å²) in [7, 11) is 0. The van der Waals surface area contributed by atoms with Crippen LogP contribution in [0.4, 0.5) is 13.2 Å². The van der Waals surface area contributed by atoms with Crippen LogP contribution in [0.25, 0.3) is 39.5 Å². The predicted octanol–water partition coefficient (Wildman–Crippen LogP) is 5.56. The molecule has 138 valence electrons. The standard InChI is InChI=1S/C21H13F3N4/c22-21(23,24)14-9-10-15-16(12-14)26-19(25-15)18-17-8-4-5-11-28(17)20(27-18)13-6-2-1-3-7-13/h1-12H,(H,25,26). The second-order valence-electron chi connectivity index (χ2n) is 6.42. The zero-order valence-electron chi connectivity index (χ0n) is 14.4. The van der Waals surface area contributed by atoms with Gasteiger partial charge in [-0.3, -0.25) is 4.40 Å². The van der Waals surface area contributed by atoms with Gasteiger partial charge >= 0.3 is 6.18 Å². The first-order chi connectivity index (χ1) is 13.5. The topological polar surface area (TPSA) is 46.0 Å². The van der Waals surface area contributed by atoms with E-state index in [1.165, 1.54) is 6.07 Å². The lowest BCUT2D eigenvalue weighted by atomic mass is 10.2. The van der Waals surface area contributed by atoms with E-state index in [9.17, 15) is 13.2 Å². The number of halogens is 3. The van der Waals surface area contributed by atoms with E-state index in [1.807, 2.05) is 59.1 Å². The van der Waals surface area contributed by atoms with E-state index >= 15 is 0 Å². The van der Waals surface area contributed by atoms with Crippen molar-refractivity contribution in [2.75, 3.05) is 0 Å². The summed E-state index contributed by atoms with van der Waals surface area (Å²) < 4.78 is 40.9. The van der Waals surface area contributed by atoms with Crippen molar-refractivity contribution >= 4 is 16.6 Å². The first-order valence-corrected chi connectivity index (χ1v) is 8.60. The van der Waals surface area contributed by atoms with Crippen LogP contribution in [0.15, 0.2) is 72.9 Å². The minimum atomic E-state index is -4.40. The van der Waals surface area contributed by atoms with Gasteiger partial charge in [-0.2, -0.15) is 13.2 Å². The van der Waals surface area contributed by atoms with Gasteiger partial charge < -0.3 is 4.98 Å². The fourth-order valence-corrected chi connectivity index (χ4v) is 3.30. The van der Waals surface area contributed by atoms with Gasteiger partial charge in [-0.1, -0.05) is 36.4 Å². The molecule has 0 aliphatic rings. The summed E-state index contributed by atoms with van der Waals surface area (Å²) in [5.74, 6) is 1.17. The summed E-state index contributed by atoms with van der Waals surface area (Å²) in [5.41, 5.74) is 2.41. The van der Waals surface area contributed by atoms with Crippen molar-refractivity contribution in [3.8, 4) is 22.9 Å². The monoisotopic (exact) mass is 378 g/mol. The number of nitrogens with zero attached hydrogens (tertiary/aromatic N) is 3. The minimum absolute atomic E-state index is 0.322. The SMILES string of the molecule is FC(F)(F)c1ccc2nc(-c3nc(-c4ccccc4)n4ccccc34)[nH]c2c1. The molecular formula is C21H13F3N4. The fourth-order valence-electron chi connectivity index (χ4n) is 3.30. The van der Waals surface area contributed by atoms with Crippen molar-refractivity contribution in [1.82, 2.24) is 19.4 Å². The highest BCUT2D eigenvalue weighted by Crippen LogP contribution is 2.33. The number of rotatable bonds is 2. The molecule has 28 heavy (non-hydrogen) atoms. The Labute approximate surface area is 157 Å². The molecule has 0 aliphatic heterocycles. The molecule has 5 rings (SSSR count). The first-order valence-electron chi connectivity index (χ1n) is 8.60. The lowest BCUT2D eigenvalue weighted by Gasteiger charge is -2.05. The van der Waals surface area contributed by atoms with Crippen LogP contribution in [0.1, 0.15) is 5.56 Å². The smallest absolute Gasteiger partial charge is 0.337 e. The Balaban J connectivity index is 1.71. The van der Waals surface area contributed by atoms with E-state index in [0.29, 0.717) is 22.6 Å². The molecule has 3 aromatic heterocycles. The number of H-pyrrole nitrogens is 1. The Morgan fingerprint density at radius 1 is 0.857 bits per heavy atom. The molecule has 7 heteroatoms. The van der Waals surface area contributed by atoms with E-state index in [0.717, 1.165) is 29.0 Å². The van der Waals surface area contributed by atoms with Crippen LogP contribution in [0.3, 0.4) is 0 Å². The summed E-state index contributed by atoms with van der Waals surface area (Å²) in [6.07, 6.45) is -2.50. The Bertz CT molecular complexity index is 1300. The number of nitrogens with one attached hydrogen (secondary N) is 1. The van der Waals surface area contributed by atoms with Gasteiger partial charge in [0.2, 0.25) is 0 Å². The van der Waals surface area contributed by atoms with Gasteiger partial charge in [0.1, 0.15) is 11.5 Å². The molecular weight excluding hydrogens is 365 g/mol. The Morgan fingerprint density at radius 3 is 2.43 bits per heavy atom. The summed E-state index contributed by atoms with van der Waals surface area (Å²) >= 11 is 0. The largest absolute Gasteiger partial charge is 0.416 e. The highest BCUT2D eigenvalue weighted by atomic mass is 19.4. The average molecular weight is 378 g/mol. The summed E-state index contributed by atoms with van der Waals surface area (Å²) in [6, 6.07) is 18.9. The third-order valence-electron chi connectivity index (χ3n) is 4.61. The van der Waals surface area contributed by atoms with E-state index in [-0.39, 0.29) is 0 Å². The van der Waals surface area contributed by atoms with Crippen molar-refractivity contribution in [2.45, 2.75) is 6.18 Å². The number of fused-ring (bicyclic) bond motifs is 2. The zero-order chi connectivity index (χ0) is 19.3. The third kappa shape index (κ3) is 2.63. The molecule has 0 radical (unpaired) electrons. The molecule has 3 heterocycles. The highest BCUT2D eigenvalue weighted by Gasteiger charge is 2.31. The second kappa shape index (κ2) is 5.95. The van der Waals surface area contributed by atoms with E-state index < -0.39 is 11.7 Å². The number of hydrogen-bond acceptors (Lipinski definition) is 2. The molecule has 0 saturated heterocycles. The van der Waals surface area contributed by atoms with Crippen molar-refractivity contribution in [3.05, 3.63) is 78.5 Å². The van der Waals surface area contributed by atoms with Crippen LogP contribution in [-0.2, 0) is 6.18 Å². The van der Waals surface area contributed by atoms with Gasteiger partial charge in [0, 0.05) is 11.8 Å². The van der Waals surface area contributed by atoms with Crippen LogP contribution in [-0.4, -0.2) is 19.4 Å². The zero-order valence-corrected chi connectivity index (χ0v) is 14.4. The van der Waals surface area contributed by atoms with E-state index in [1.54, 1.807) is 0 Å². The molecule has 0 unspecified atom stereocenters. The normalized spacial score (nSPS) is 12.1. The van der Waals surface area contributed by atoms with Crippen LogP contribution in [0.5, 0.6) is 0 Å². The quantitative estimate of drug-likeness (QED) is 0.437. The highest BCUT2D eigenvalue weighted by molar-refractivity contribution is 5.85. The minimum Gasteiger partial charge on any atom is -0.337 e. The van der Waals surface area contributed by atoms with Gasteiger partial charge in [-0.15, -0.1) is 0 Å². The van der Waals surface area contributed by atoms with Crippen LogP contribution in [0.2, 0.25) is 0 Å². The second-order valence-corrected chi connectivity index (χ2v) is 6.42. The first kappa shape index (κ1) is 16.6. The van der Waals surface area contributed by atoms with Crippen LogP contribution in [0, 0.1) is 0 Å². The van der Waals surface area contributed by atoms with Crippen molar-refractivity contribution in [1.29, 1.82) is 0 Å². The maximum Gasteiger partial charge on any atom is 0.416 e. The van der Waals surface area contributed by atoms with Crippen molar-refractivity contribution in [2.24, 2.45) is 0 Å². The molecule has 1 N–H and O–H groups in total. The summed E-state index contributed by atoms with van der Waals surface area (Å²) in [4.78, 5) is 12.2. The van der Waals surface area contributed by atoms with Gasteiger partial charge in [0.15, 0.2) is 5.82 Å². The molecule has 0 saturated carbocycles. The molecule has 0 amide bonds. The number of alkyl halides is 3. The van der Waals surface area contributed by atoms with Crippen LogP contribution >= 0.6 is 0 Å². The van der Waals surface area contributed by atoms with Crippen molar-refractivity contribution in [3.63, 3.8) is 0 Å². The van der Waals surface area contributed by atoms with E-state index in [2.05, 4.69) is 9.97 Å².